The zero-order valence-electron chi connectivity index (χ0n) is 13.9. The molecular weight excluding hydrogens is 338 g/mol. The summed E-state index contributed by atoms with van der Waals surface area (Å²) >= 11 is 6.07. The van der Waals surface area contributed by atoms with Gasteiger partial charge in [0.1, 0.15) is 0 Å². The third-order valence-electron chi connectivity index (χ3n) is 4.90. The van der Waals surface area contributed by atoms with Gasteiger partial charge in [0.2, 0.25) is 5.91 Å². The van der Waals surface area contributed by atoms with Gasteiger partial charge < -0.3 is 10.2 Å². The van der Waals surface area contributed by atoms with E-state index in [0.29, 0.717) is 17.1 Å². The number of hydrogen-bond donors (Lipinski definition) is 1. The average Bonchev–Trinajstić information content (AvgIpc) is 2.90. The van der Waals surface area contributed by atoms with Crippen LogP contribution in [-0.2, 0) is 17.8 Å². The Morgan fingerprint density at radius 2 is 2.20 bits per heavy atom. The van der Waals surface area contributed by atoms with E-state index in [1.54, 1.807) is 23.2 Å². The lowest BCUT2D eigenvalue weighted by Crippen LogP contribution is -2.31. The second-order valence-corrected chi connectivity index (χ2v) is 7.00. The Bertz CT molecular complexity index is 881. The van der Waals surface area contributed by atoms with Crippen LogP contribution >= 0.6 is 11.6 Å². The van der Waals surface area contributed by atoms with E-state index < -0.39 is 0 Å². The average molecular weight is 356 g/mol. The molecule has 2 aromatic rings. The van der Waals surface area contributed by atoms with Crippen molar-refractivity contribution in [3.05, 3.63) is 57.9 Å². The zero-order chi connectivity index (χ0) is 17.6. The van der Waals surface area contributed by atoms with Crippen molar-refractivity contribution in [2.75, 3.05) is 4.90 Å². The van der Waals surface area contributed by atoms with Gasteiger partial charge in [-0.3, -0.25) is 14.6 Å². The Balaban J connectivity index is 1.73. The summed E-state index contributed by atoms with van der Waals surface area (Å²) < 4.78 is 0. The highest BCUT2D eigenvalue weighted by Crippen LogP contribution is 2.38. The molecule has 0 bridgehead atoms. The fraction of sp³-hybridized carbons (Fsp3) is 0.316. The van der Waals surface area contributed by atoms with Crippen molar-refractivity contribution in [3.63, 3.8) is 0 Å². The van der Waals surface area contributed by atoms with E-state index in [9.17, 15) is 9.59 Å². The summed E-state index contributed by atoms with van der Waals surface area (Å²) in [6, 6.07) is 5.33. The third kappa shape index (κ3) is 2.78. The first-order chi connectivity index (χ1) is 12.0. The Labute approximate surface area is 151 Å². The van der Waals surface area contributed by atoms with Crippen LogP contribution in [0.25, 0.3) is 0 Å². The molecule has 0 saturated heterocycles. The van der Waals surface area contributed by atoms with Crippen LogP contribution in [0.1, 0.15) is 52.9 Å². The van der Waals surface area contributed by atoms with Crippen LogP contribution in [0.2, 0.25) is 5.02 Å². The summed E-state index contributed by atoms with van der Waals surface area (Å²) in [5.41, 5.74) is 4.58. The molecule has 5 nitrogen and oxygen atoms in total. The topological polar surface area (TPSA) is 62.3 Å². The minimum atomic E-state index is -0.0532. The number of benzene rings is 1. The van der Waals surface area contributed by atoms with Gasteiger partial charge >= 0.3 is 0 Å². The SMILES string of the molecule is CC(=O)NC1CCCc2c1cncc2N1Cc2cc(Cl)ccc2C1=O. The number of hydrogen-bond acceptors (Lipinski definition) is 3. The van der Waals surface area contributed by atoms with Gasteiger partial charge in [-0.1, -0.05) is 11.6 Å². The standard InChI is InChI=1S/C19H18ClN3O2/c1-11(24)22-17-4-2-3-15-16(17)8-21-9-18(15)23-10-12-7-13(20)5-6-14(12)19(23)25/h5-9,17H,2-4,10H2,1H3,(H,22,24). The Hall–Kier alpha value is -2.40. The first-order valence-corrected chi connectivity index (χ1v) is 8.76. The number of aromatic nitrogens is 1. The van der Waals surface area contributed by atoms with Crippen molar-refractivity contribution in [2.45, 2.75) is 38.8 Å². The summed E-state index contributed by atoms with van der Waals surface area (Å²) in [6.45, 7) is 2.02. The first kappa shape index (κ1) is 16.1. The second-order valence-electron chi connectivity index (χ2n) is 6.56. The van der Waals surface area contributed by atoms with Crippen molar-refractivity contribution in [2.24, 2.45) is 0 Å². The molecule has 2 heterocycles. The van der Waals surface area contributed by atoms with Crippen LogP contribution in [0.15, 0.2) is 30.6 Å². The van der Waals surface area contributed by atoms with Crippen molar-refractivity contribution in [3.8, 4) is 0 Å². The van der Waals surface area contributed by atoms with Gasteiger partial charge in [0.25, 0.3) is 5.91 Å². The molecule has 4 rings (SSSR count). The lowest BCUT2D eigenvalue weighted by atomic mass is 9.88. The number of halogens is 1. The molecule has 128 valence electrons. The highest BCUT2D eigenvalue weighted by molar-refractivity contribution is 6.31. The predicted molar refractivity (Wildman–Crippen MR) is 95.7 cm³/mol. The molecule has 0 fully saturated rings. The van der Waals surface area contributed by atoms with Gasteiger partial charge in [0, 0.05) is 23.7 Å². The summed E-state index contributed by atoms with van der Waals surface area (Å²) in [5.74, 6) is -0.0777. The van der Waals surface area contributed by atoms with Gasteiger partial charge in [-0.2, -0.15) is 0 Å². The molecule has 1 aromatic carbocycles. The lowest BCUT2D eigenvalue weighted by molar-refractivity contribution is -0.119. The molecule has 25 heavy (non-hydrogen) atoms. The number of amides is 2. The fourth-order valence-corrected chi connectivity index (χ4v) is 4.01. The molecule has 1 atom stereocenters. The molecule has 2 amide bonds. The smallest absolute Gasteiger partial charge is 0.258 e. The molecule has 1 unspecified atom stereocenters. The molecule has 0 saturated carbocycles. The summed E-state index contributed by atoms with van der Waals surface area (Å²) in [5, 5.41) is 3.62. The molecule has 2 aliphatic rings. The molecule has 1 aromatic heterocycles. The van der Waals surface area contributed by atoms with E-state index in [0.717, 1.165) is 41.6 Å². The highest BCUT2D eigenvalue weighted by Gasteiger charge is 2.32. The van der Waals surface area contributed by atoms with Gasteiger partial charge in [-0.05, 0) is 54.2 Å². The van der Waals surface area contributed by atoms with Crippen LogP contribution in [0.5, 0.6) is 0 Å². The summed E-state index contributed by atoms with van der Waals surface area (Å²) in [6.07, 6.45) is 6.30. The quantitative estimate of drug-likeness (QED) is 0.898. The van der Waals surface area contributed by atoms with E-state index in [2.05, 4.69) is 10.3 Å². The summed E-state index contributed by atoms with van der Waals surface area (Å²) in [7, 11) is 0. The lowest BCUT2D eigenvalue weighted by Gasteiger charge is -2.29. The second kappa shape index (κ2) is 6.15. The maximum absolute atomic E-state index is 12.8. The Kier molecular flexibility index (Phi) is 3.96. The van der Waals surface area contributed by atoms with E-state index in [1.165, 1.54) is 6.92 Å². The molecule has 1 N–H and O–H groups in total. The van der Waals surface area contributed by atoms with Crippen LogP contribution < -0.4 is 10.2 Å². The first-order valence-electron chi connectivity index (χ1n) is 8.39. The Morgan fingerprint density at radius 3 is 3.00 bits per heavy atom. The minimum absolute atomic E-state index is 0.0245. The van der Waals surface area contributed by atoms with Gasteiger partial charge in [-0.25, -0.2) is 0 Å². The van der Waals surface area contributed by atoms with Crippen LogP contribution in [0.4, 0.5) is 5.69 Å². The third-order valence-corrected chi connectivity index (χ3v) is 5.14. The fourth-order valence-electron chi connectivity index (χ4n) is 3.81. The van der Waals surface area contributed by atoms with Crippen LogP contribution in [0, 0.1) is 0 Å². The van der Waals surface area contributed by atoms with E-state index in [1.807, 2.05) is 12.3 Å². The zero-order valence-corrected chi connectivity index (χ0v) is 14.6. The maximum Gasteiger partial charge on any atom is 0.258 e. The van der Waals surface area contributed by atoms with Crippen molar-refractivity contribution in [1.82, 2.24) is 10.3 Å². The number of pyridine rings is 1. The largest absolute Gasteiger partial charge is 0.349 e. The predicted octanol–water partition coefficient (Wildman–Crippen LogP) is 3.41. The number of nitrogens with zero attached hydrogens (tertiary/aromatic N) is 2. The van der Waals surface area contributed by atoms with Crippen LogP contribution in [0.3, 0.4) is 0 Å². The van der Waals surface area contributed by atoms with Gasteiger partial charge in [0.05, 0.1) is 24.5 Å². The minimum Gasteiger partial charge on any atom is -0.349 e. The normalized spacial score (nSPS) is 18.7. The number of rotatable bonds is 2. The number of carbonyl (C=O) groups is 2. The Morgan fingerprint density at radius 1 is 1.36 bits per heavy atom. The van der Waals surface area contributed by atoms with Gasteiger partial charge in [-0.15, -0.1) is 0 Å². The van der Waals surface area contributed by atoms with Crippen molar-refractivity contribution in [1.29, 1.82) is 0 Å². The molecule has 1 aliphatic carbocycles. The molecular formula is C19H18ClN3O2. The van der Waals surface area contributed by atoms with Gasteiger partial charge in [0.15, 0.2) is 0 Å². The maximum atomic E-state index is 12.8. The number of nitrogens with one attached hydrogen (secondary N) is 1. The molecule has 0 spiro atoms. The van der Waals surface area contributed by atoms with E-state index >= 15 is 0 Å². The van der Waals surface area contributed by atoms with E-state index in [-0.39, 0.29) is 17.9 Å². The van der Waals surface area contributed by atoms with Crippen molar-refractivity contribution >= 4 is 29.1 Å². The number of anilines is 1. The highest BCUT2D eigenvalue weighted by atomic mass is 35.5. The van der Waals surface area contributed by atoms with Crippen LogP contribution in [-0.4, -0.2) is 16.8 Å². The number of fused-ring (bicyclic) bond motifs is 2. The monoisotopic (exact) mass is 355 g/mol. The molecule has 0 radical (unpaired) electrons. The van der Waals surface area contributed by atoms with Crippen molar-refractivity contribution < 1.29 is 9.59 Å². The summed E-state index contributed by atoms with van der Waals surface area (Å²) in [4.78, 5) is 30.4. The molecule has 6 heteroatoms. The van der Waals surface area contributed by atoms with E-state index in [4.69, 9.17) is 11.6 Å². The number of carbonyl (C=O) groups excluding carboxylic acids is 2. The molecule has 1 aliphatic heterocycles.